The molecule has 1 amide bonds. The number of piperidine rings is 1. The summed E-state index contributed by atoms with van der Waals surface area (Å²) in [5, 5.41) is 0. The zero-order chi connectivity index (χ0) is 16.6. The standard InChI is InChI=1S/C18H22N2O3/c1-11-6-7-20(16(8-11)17-5-4-12(2)23-17)18(22)15-9-14(10-19-15)13(3)21/h4-5,9-11,16,19H,6-8H2,1-3H3/t11-,16+/m1/s1. The van der Waals surface area contributed by atoms with Crippen molar-refractivity contribution in [1.29, 1.82) is 0 Å². The number of hydrogen-bond donors (Lipinski definition) is 1. The van der Waals surface area contributed by atoms with Crippen molar-refractivity contribution in [1.82, 2.24) is 9.88 Å². The minimum absolute atomic E-state index is 0.0502. The number of carbonyl (C=O) groups is 2. The summed E-state index contributed by atoms with van der Waals surface area (Å²) < 4.78 is 5.77. The number of Topliss-reactive ketones (excluding diaryl/α,β-unsaturated/α-hetero) is 1. The summed E-state index contributed by atoms with van der Waals surface area (Å²) in [6, 6.07) is 5.46. The van der Waals surface area contributed by atoms with Gasteiger partial charge in [0.15, 0.2) is 5.78 Å². The molecule has 2 aromatic rings. The Morgan fingerprint density at radius 3 is 2.74 bits per heavy atom. The molecule has 0 unspecified atom stereocenters. The van der Waals surface area contributed by atoms with Crippen LogP contribution in [-0.2, 0) is 0 Å². The van der Waals surface area contributed by atoms with E-state index in [1.54, 1.807) is 12.3 Å². The predicted molar refractivity (Wildman–Crippen MR) is 86.4 cm³/mol. The lowest BCUT2D eigenvalue weighted by molar-refractivity contribution is 0.0514. The van der Waals surface area contributed by atoms with E-state index < -0.39 is 0 Å². The van der Waals surface area contributed by atoms with E-state index in [2.05, 4.69) is 11.9 Å². The Kier molecular flexibility index (Phi) is 4.11. The number of nitrogens with zero attached hydrogens (tertiary/aromatic N) is 1. The summed E-state index contributed by atoms with van der Waals surface area (Å²) in [6.07, 6.45) is 3.45. The molecule has 3 rings (SSSR count). The maximum atomic E-state index is 12.9. The van der Waals surface area contributed by atoms with Gasteiger partial charge in [0.25, 0.3) is 5.91 Å². The first-order chi connectivity index (χ1) is 11.0. The highest BCUT2D eigenvalue weighted by atomic mass is 16.3. The third kappa shape index (κ3) is 3.09. The molecule has 1 aliphatic rings. The molecule has 0 spiro atoms. The SMILES string of the molecule is CC(=O)c1c[nH]c(C(=O)N2CC[C@@H](C)C[C@H]2c2ccc(C)o2)c1. The number of hydrogen-bond acceptors (Lipinski definition) is 3. The van der Waals surface area contributed by atoms with Crippen molar-refractivity contribution in [3.05, 3.63) is 47.2 Å². The van der Waals surface area contributed by atoms with Crippen LogP contribution in [0.3, 0.4) is 0 Å². The summed E-state index contributed by atoms with van der Waals surface area (Å²) in [5.41, 5.74) is 0.988. The molecule has 2 atom stereocenters. The van der Waals surface area contributed by atoms with Gasteiger partial charge in [0.1, 0.15) is 17.2 Å². The minimum atomic E-state index is -0.0801. The number of carbonyl (C=O) groups excluding carboxylic acids is 2. The van der Waals surface area contributed by atoms with Gasteiger partial charge in [-0.25, -0.2) is 0 Å². The first-order valence-electron chi connectivity index (χ1n) is 8.02. The molecule has 5 nitrogen and oxygen atoms in total. The Hall–Kier alpha value is -2.30. The van der Waals surface area contributed by atoms with Crippen LogP contribution < -0.4 is 0 Å². The quantitative estimate of drug-likeness (QED) is 0.878. The number of aromatic amines is 1. The summed E-state index contributed by atoms with van der Waals surface area (Å²) >= 11 is 0. The van der Waals surface area contributed by atoms with E-state index in [4.69, 9.17) is 4.42 Å². The van der Waals surface area contributed by atoms with Crippen molar-refractivity contribution < 1.29 is 14.0 Å². The lowest BCUT2D eigenvalue weighted by Gasteiger charge is -2.37. The van der Waals surface area contributed by atoms with Gasteiger partial charge in [-0.05, 0) is 50.8 Å². The maximum absolute atomic E-state index is 12.9. The monoisotopic (exact) mass is 314 g/mol. The summed E-state index contributed by atoms with van der Waals surface area (Å²) in [7, 11) is 0. The molecule has 5 heteroatoms. The highest BCUT2D eigenvalue weighted by molar-refractivity contribution is 5.99. The van der Waals surface area contributed by atoms with Crippen LogP contribution in [0.1, 0.15) is 65.1 Å². The van der Waals surface area contributed by atoms with Gasteiger partial charge < -0.3 is 14.3 Å². The van der Waals surface area contributed by atoms with Crippen LogP contribution in [0, 0.1) is 12.8 Å². The molecular formula is C18H22N2O3. The molecule has 0 saturated carbocycles. The second-order valence-electron chi connectivity index (χ2n) is 6.45. The van der Waals surface area contributed by atoms with E-state index >= 15 is 0 Å². The lowest BCUT2D eigenvalue weighted by atomic mass is 9.91. The van der Waals surface area contributed by atoms with Crippen molar-refractivity contribution in [3.63, 3.8) is 0 Å². The Morgan fingerprint density at radius 2 is 2.13 bits per heavy atom. The van der Waals surface area contributed by atoms with Crippen LogP contribution in [0.4, 0.5) is 0 Å². The molecule has 0 aliphatic carbocycles. The van der Waals surface area contributed by atoms with E-state index in [1.807, 2.05) is 24.0 Å². The van der Waals surface area contributed by atoms with Crippen molar-refractivity contribution in [2.75, 3.05) is 6.54 Å². The topological polar surface area (TPSA) is 66.3 Å². The fraction of sp³-hybridized carbons (Fsp3) is 0.444. The molecule has 122 valence electrons. The minimum Gasteiger partial charge on any atom is -0.464 e. The highest BCUT2D eigenvalue weighted by Crippen LogP contribution is 2.35. The molecule has 1 N–H and O–H groups in total. The van der Waals surface area contributed by atoms with Gasteiger partial charge in [-0.3, -0.25) is 9.59 Å². The van der Waals surface area contributed by atoms with Gasteiger partial charge in [-0.2, -0.15) is 0 Å². The van der Waals surface area contributed by atoms with Gasteiger partial charge in [0.2, 0.25) is 0 Å². The Balaban J connectivity index is 1.88. The number of aromatic nitrogens is 1. The molecule has 0 aromatic carbocycles. The molecule has 1 saturated heterocycles. The smallest absolute Gasteiger partial charge is 0.270 e. The number of H-pyrrole nitrogens is 1. The Labute approximate surface area is 135 Å². The highest BCUT2D eigenvalue weighted by Gasteiger charge is 2.34. The number of amides is 1. The number of nitrogens with one attached hydrogen (secondary N) is 1. The second-order valence-corrected chi connectivity index (χ2v) is 6.45. The first kappa shape index (κ1) is 15.6. The van der Waals surface area contributed by atoms with Crippen molar-refractivity contribution in [2.24, 2.45) is 5.92 Å². The van der Waals surface area contributed by atoms with E-state index in [1.165, 1.54) is 6.92 Å². The van der Waals surface area contributed by atoms with E-state index in [0.717, 1.165) is 24.4 Å². The number of likely N-dealkylation sites (tertiary alicyclic amines) is 1. The van der Waals surface area contributed by atoms with E-state index in [-0.39, 0.29) is 17.7 Å². The number of aryl methyl sites for hydroxylation is 1. The summed E-state index contributed by atoms with van der Waals surface area (Å²) in [6.45, 7) is 6.30. The van der Waals surface area contributed by atoms with Crippen LogP contribution in [-0.4, -0.2) is 28.1 Å². The molecule has 3 heterocycles. The predicted octanol–water partition coefficient (Wildman–Crippen LogP) is 3.73. The first-order valence-corrected chi connectivity index (χ1v) is 8.02. The van der Waals surface area contributed by atoms with E-state index in [0.29, 0.717) is 23.7 Å². The molecular weight excluding hydrogens is 292 g/mol. The Bertz CT molecular complexity index is 728. The van der Waals surface area contributed by atoms with Gasteiger partial charge in [-0.1, -0.05) is 6.92 Å². The van der Waals surface area contributed by atoms with Crippen LogP contribution in [0.25, 0.3) is 0 Å². The average molecular weight is 314 g/mol. The largest absolute Gasteiger partial charge is 0.464 e. The molecule has 0 bridgehead atoms. The molecule has 1 fully saturated rings. The summed E-state index contributed by atoms with van der Waals surface area (Å²) in [4.78, 5) is 29.1. The van der Waals surface area contributed by atoms with Crippen LogP contribution >= 0.6 is 0 Å². The summed E-state index contributed by atoms with van der Waals surface area (Å²) in [5.74, 6) is 2.10. The third-order valence-corrected chi connectivity index (χ3v) is 4.54. The zero-order valence-corrected chi connectivity index (χ0v) is 13.8. The second kappa shape index (κ2) is 6.07. The number of rotatable bonds is 3. The van der Waals surface area contributed by atoms with E-state index in [9.17, 15) is 9.59 Å². The number of furan rings is 1. The van der Waals surface area contributed by atoms with Crippen LogP contribution in [0.2, 0.25) is 0 Å². The van der Waals surface area contributed by atoms with Crippen molar-refractivity contribution >= 4 is 11.7 Å². The molecule has 23 heavy (non-hydrogen) atoms. The molecule has 2 aromatic heterocycles. The normalized spacial score (nSPS) is 21.4. The van der Waals surface area contributed by atoms with Gasteiger partial charge in [0, 0.05) is 18.3 Å². The van der Waals surface area contributed by atoms with Gasteiger partial charge in [-0.15, -0.1) is 0 Å². The van der Waals surface area contributed by atoms with Gasteiger partial charge >= 0.3 is 0 Å². The lowest BCUT2D eigenvalue weighted by Crippen LogP contribution is -2.40. The third-order valence-electron chi connectivity index (χ3n) is 4.54. The fourth-order valence-corrected chi connectivity index (χ4v) is 3.16. The van der Waals surface area contributed by atoms with Crippen LogP contribution in [0.5, 0.6) is 0 Å². The zero-order valence-electron chi connectivity index (χ0n) is 13.8. The van der Waals surface area contributed by atoms with Crippen molar-refractivity contribution in [3.8, 4) is 0 Å². The maximum Gasteiger partial charge on any atom is 0.270 e. The van der Waals surface area contributed by atoms with Crippen LogP contribution in [0.15, 0.2) is 28.8 Å². The molecule has 1 aliphatic heterocycles. The fourth-order valence-electron chi connectivity index (χ4n) is 3.16. The average Bonchev–Trinajstić information content (AvgIpc) is 3.15. The van der Waals surface area contributed by atoms with Crippen molar-refractivity contribution in [2.45, 2.75) is 39.7 Å². The number of ketones is 1. The Morgan fingerprint density at radius 1 is 1.35 bits per heavy atom. The molecule has 0 radical (unpaired) electrons. The van der Waals surface area contributed by atoms with Gasteiger partial charge in [0.05, 0.1) is 6.04 Å².